The van der Waals surface area contributed by atoms with Gasteiger partial charge < -0.3 is 4.74 Å². The number of carbonyl (C=O) groups excluding carboxylic acids is 1. The zero-order chi connectivity index (χ0) is 15.9. The predicted molar refractivity (Wildman–Crippen MR) is 88.4 cm³/mol. The highest BCUT2D eigenvalue weighted by Crippen LogP contribution is 2.47. The minimum Gasteiger partial charge on any atom is -0.428 e. The Hall–Kier alpha value is -2.35. The molecule has 2 aromatic rings. The van der Waals surface area contributed by atoms with Crippen molar-refractivity contribution in [1.29, 1.82) is 0 Å². The molecule has 2 nitrogen and oxygen atoms in total. The fourth-order valence-electron chi connectivity index (χ4n) is 3.28. The van der Waals surface area contributed by atoms with E-state index in [1.165, 1.54) is 5.56 Å². The van der Waals surface area contributed by atoms with Crippen LogP contribution >= 0.6 is 0 Å². The summed E-state index contributed by atoms with van der Waals surface area (Å²) in [6, 6.07) is 16.2. The first kappa shape index (κ1) is 14.6. The number of hydrogen-bond donors (Lipinski definition) is 0. The molecule has 2 aromatic carbocycles. The van der Waals surface area contributed by atoms with E-state index in [4.69, 9.17) is 4.74 Å². The number of allylic oxidation sites excluding steroid dienone is 1. The topological polar surface area (TPSA) is 26.3 Å². The van der Waals surface area contributed by atoms with E-state index < -0.39 is 5.41 Å². The van der Waals surface area contributed by atoms with Gasteiger partial charge in [0.05, 0.1) is 0 Å². The Bertz CT molecular complexity index is 786. The lowest BCUT2D eigenvalue weighted by Crippen LogP contribution is -2.48. The summed E-state index contributed by atoms with van der Waals surface area (Å²) in [5.41, 5.74) is 4.79. The van der Waals surface area contributed by atoms with Crippen LogP contribution in [-0.2, 0) is 14.9 Å². The molecule has 1 aliphatic heterocycles. The average molecular weight is 292 g/mol. The zero-order valence-corrected chi connectivity index (χ0v) is 13.4. The summed E-state index contributed by atoms with van der Waals surface area (Å²) in [6.45, 7) is 8.09. The van der Waals surface area contributed by atoms with E-state index in [2.05, 4.69) is 19.1 Å². The number of hydrogen-bond acceptors (Lipinski definition) is 2. The summed E-state index contributed by atoms with van der Waals surface area (Å²) in [5, 5.41) is 0. The van der Waals surface area contributed by atoms with Crippen LogP contribution in [0.15, 0.2) is 54.3 Å². The van der Waals surface area contributed by atoms with Crippen LogP contribution in [0, 0.1) is 13.8 Å². The molecule has 3 rings (SSSR count). The molecule has 0 N–H and O–H groups in total. The van der Waals surface area contributed by atoms with Crippen molar-refractivity contribution in [2.24, 2.45) is 0 Å². The number of cyclic esters (lactones) is 1. The molecule has 0 bridgehead atoms. The van der Waals surface area contributed by atoms with Gasteiger partial charge in [-0.3, -0.25) is 4.79 Å². The molecule has 0 spiro atoms. The maximum atomic E-state index is 12.3. The molecule has 0 aromatic heterocycles. The molecule has 0 amide bonds. The monoisotopic (exact) mass is 292 g/mol. The fraction of sp³-hybridized carbons (Fsp3) is 0.250. The van der Waals surface area contributed by atoms with Gasteiger partial charge in [-0.1, -0.05) is 48.5 Å². The van der Waals surface area contributed by atoms with E-state index in [1.54, 1.807) is 0 Å². The van der Waals surface area contributed by atoms with Crippen molar-refractivity contribution in [3.05, 3.63) is 76.5 Å². The largest absolute Gasteiger partial charge is 0.428 e. The maximum absolute atomic E-state index is 12.3. The maximum Gasteiger partial charge on any atom is 0.329 e. The fourth-order valence-corrected chi connectivity index (χ4v) is 3.28. The first-order chi connectivity index (χ1) is 10.5. The van der Waals surface area contributed by atoms with Crippen LogP contribution in [0.25, 0.3) is 5.57 Å². The van der Waals surface area contributed by atoms with E-state index in [9.17, 15) is 4.79 Å². The average Bonchev–Trinajstić information content (AvgIpc) is 2.52. The zero-order valence-electron chi connectivity index (χ0n) is 13.4. The number of benzene rings is 2. The van der Waals surface area contributed by atoms with Gasteiger partial charge in [0.15, 0.2) is 0 Å². The molecule has 1 atom stereocenters. The second kappa shape index (κ2) is 5.13. The smallest absolute Gasteiger partial charge is 0.329 e. The first-order valence-corrected chi connectivity index (χ1v) is 7.52. The van der Waals surface area contributed by atoms with Crippen molar-refractivity contribution in [3.63, 3.8) is 0 Å². The van der Waals surface area contributed by atoms with Crippen molar-refractivity contribution < 1.29 is 9.53 Å². The summed E-state index contributed by atoms with van der Waals surface area (Å²) >= 11 is 0. The molecule has 112 valence electrons. The molecular formula is C20H20O2. The van der Waals surface area contributed by atoms with Crippen LogP contribution < -0.4 is 0 Å². The summed E-state index contributed by atoms with van der Waals surface area (Å²) in [5.74, 6) is 0.589. The lowest BCUT2D eigenvalue weighted by molar-refractivity contribution is -0.159. The molecule has 2 heteroatoms. The summed E-state index contributed by atoms with van der Waals surface area (Å²) in [7, 11) is 0. The van der Waals surface area contributed by atoms with E-state index in [0.717, 1.165) is 28.0 Å². The lowest BCUT2D eigenvalue weighted by Gasteiger charge is -2.41. The molecule has 0 aliphatic carbocycles. The highest BCUT2D eigenvalue weighted by Gasteiger charge is 2.53. The Morgan fingerprint density at radius 1 is 0.955 bits per heavy atom. The van der Waals surface area contributed by atoms with Crippen LogP contribution in [0.4, 0.5) is 0 Å². The summed E-state index contributed by atoms with van der Waals surface area (Å²) in [6.07, 6.45) is 0. The number of esters is 1. The molecule has 1 fully saturated rings. The van der Waals surface area contributed by atoms with E-state index >= 15 is 0 Å². The Morgan fingerprint density at radius 3 is 2.14 bits per heavy atom. The molecular weight excluding hydrogens is 272 g/mol. The third-order valence-electron chi connectivity index (χ3n) is 4.63. The standard InChI is InChI=1S/C20H20O2/c1-13-9-5-7-11-16(13)15(3)18-20(4,19(21)22-18)17-12-8-6-10-14(17)2/h5-12H,1-4H3/b18-15-/t20-/m1/s1. The Balaban J connectivity index is 2.17. The second-order valence-electron chi connectivity index (χ2n) is 6.10. The van der Waals surface area contributed by atoms with Crippen LogP contribution in [0.3, 0.4) is 0 Å². The van der Waals surface area contributed by atoms with Gasteiger partial charge in [-0.15, -0.1) is 0 Å². The van der Waals surface area contributed by atoms with Crippen molar-refractivity contribution in [2.45, 2.75) is 33.1 Å². The van der Waals surface area contributed by atoms with Crippen LogP contribution in [-0.4, -0.2) is 5.97 Å². The predicted octanol–water partition coefficient (Wildman–Crippen LogP) is 4.55. The number of ether oxygens (including phenoxy) is 1. The van der Waals surface area contributed by atoms with Gasteiger partial charge in [0.1, 0.15) is 11.2 Å². The summed E-state index contributed by atoms with van der Waals surface area (Å²) < 4.78 is 5.48. The Labute approximate surface area is 131 Å². The van der Waals surface area contributed by atoms with Gasteiger partial charge in [0, 0.05) is 0 Å². The highest BCUT2D eigenvalue weighted by atomic mass is 16.6. The van der Waals surface area contributed by atoms with Gasteiger partial charge in [0.2, 0.25) is 0 Å². The van der Waals surface area contributed by atoms with Crippen molar-refractivity contribution in [2.75, 3.05) is 0 Å². The highest BCUT2D eigenvalue weighted by molar-refractivity contribution is 5.98. The van der Waals surface area contributed by atoms with Gasteiger partial charge in [-0.05, 0) is 55.5 Å². The Morgan fingerprint density at radius 2 is 1.55 bits per heavy atom. The first-order valence-electron chi connectivity index (χ1n) is 7.52. The number of rotatable bonds is 2. The minimum atomic E-state index is -0.683. The molecule has 1 heterocycles. The normalized spacial score (nSPS) is 22.8. The minimum absolute atomic E-state index is 0.176. The van der Waals surface area contributed by atoms with E-state index in [-0.39, 0.29) is 5.97 Å². The van der Waals surface area contributed by atoms with Crippen LogP contribution in [0.1, 0.15) is 36.1 Å². The second-order valence-corrected chi connectivity index (χ2v) is 6.10. The Kier molecular flexibility index (Phi) is 3.40. The molecule has 0 unspecified atom stereocenters. The molecule has 22 heavy (non-hydrogen) atoms. The lowest BCUT2D eigenvalue weighted by atomic mass is 9.72. The van der Waals surface area contributed by atoms with Gasteiger partial charge in [-0.25, -0.2) is 0 Å². The van der Waals surface area contributed by atoms with Gasteiger partial charge in [-0.2, -0.15) is 0 Å². The number of aryl methyl sites for hydroxylation is 2. The third-order valence-corrected chi connectivity index (χ3v) is 4.63. The summed E-state index contributed by atoms with van der Waals surface area (Å²) in [4.78, 5) is 12.3. The third kappa shape index (κ3) is 1.98. The molecule has 1 aliphatic rings. The molecule has 1 saturated heterocycles. The van der Waals surface area contributed by atoms with Gasteiger partial charge in [0.25, 0.3) is 0 Å². The van der Waals surface area contributed by atoms with E-state index in [1.807, 2.05) is 57.2 Å². The molecule has 0 radical (unpaired) electrons. The van der Waals surface area contributed by atoms with Crippen LogP contribution in [0.2, 0.25) is 0 Å². The molecule has 0 saturated carbocycles. The van der Waals surface area contributed by atoms with Crippen molar-refractivity contribution in [3.8, 4) is 0 Å². The SMILES string of the molecule is C/C(=C1/OC(=O)[C@]1(C)c1ccccc1C)c1ccccc1C. The van der Waals surface area contributed by atoms with E-state index in [0.29, 0.717) is 0 Å². The van der Waals surface area contributed by atoms with Crippen molar-refractivity contribution in [1.82, 2.24) is 0 Å². The van der Waals surface area contributed by atoms with Crippen LogP contribution in [0.5, 0.6) is 0 Å². The quantitative estimate of drug-likeness (QED) is 0.759. The number of carbonyl (C=O) groups is 1. The van der Waals surface area contributed by atoms with Crippen molar-refractivity contribution >= 4 is 11.5 Å². The van der Waals surface area contributed by atoms with Gasteiger partial charge >= 0.3 is 5.97 Å².